The van der Waals surface area contributed by atoms with Crippen molar-refractivity contribution >= 4 is 21.8 Å². The summed E-state index contributed by atoms with van der Waals surface area (Å²) in [5.41, 5.74) is 0.902. The van der Waals surface area contributed by atoms with E-state index < -0.39 is 0 Å². The van der Waals surface area contributed by atoms with Crippen LogP contribution in [0.25, 0.3) is 0 Å². The molecule has 3 heteroatoms. The zero-order chi connectivity index (χ0) is 12.0. The molecule has 16 heavy (non-hydrogen) atoms. The monoisotopic (exact) mass is 283 g/mol. The third kappa shape index (κ3) is 3.97. The van der Waals surface area contributed by atoms with Crippen LogP contribution in [0.3, 0.4) is 0 Å². The van der Waals surface area contributed by atoms with Gasteiger partial charge < -0.3 is 5.32 Å². The Hall–Kier alpha value is -0.830. The summed E-state index contributed by atoms with van der Waals surface area (Å²) < 4.78 is 0. The second-order valence-corrected chi connectivity index (χ2v) is 4.82. The maximum absolute atomic E-state index is 11.8. The SMILES string of the molecule is CCC(C)(CBr)NC(=O)Cc1ccccc1. The van der Waals surface area contributed by atoms with Gasteiger partial charge in [0.1, 0.15) is 0 Å². The Balaban J connectivity index is 2.54. The molecule has 0 radical (unpaired) electrons. The molecule has 0 saturated heterocycles. The molecule has 0 aliphatic heterocycles. The van der Waals surface area contributed by atoms with Crippen LogP contribution in [-0.2, 0) is 11.2 Å². The van der Waals surface area contributed by atoms with E-state index in [2.05, 4.69) is 28.2 Å². The fraction of sp³-hybridized carbons (Fsp3) is 0.462. The van der Waals surface area contributed by atoms with Crippen LogP contribution in [0.4, 0.5) is 0 Å². The van der Waals surface area contributed by atoms with Crippen LogP contribution in [0.2, 0.25) is 0 Å². The lowest BCUT2D eigenvalue weighted by atomic mass is 10.0. The lowest BCUT2D eigenvalue weighted by Crippen LogP contribution is -2.47. The Bertz CT molecular complexity index is 333. The highest BCUT2D eigenvalue weighted by Gasteiger charge is 2.22. The van der Waals surface area contributed by atoms with Gasteiger partial charge in [-0.2, -0.15) is 0 Å². The van der Waals surface area contributed by atoms with Crippen molar-refractivity contribution in [1.82, 2.24) is 5.32 Å². The van der Waals surface area contributed by atoms with Crippen LogP contribution in [-0.4, -0.2) is 16.8 Å². The van der Waals surface area contributed by atoms with E-state index in [-0.39, 0.29) is 11.4 Å². The molecule has 1 amide bonds. The van der Waals surface area contributed by atoms with Crippen LogP contribution >= 0.6 is 15.9 Å². The zero-order valence-electron chi connectivity index (χ0n) is 9.79. The van der Waals surface area contributed by atoms with Crippen molar-refractivity contribution in [2.45, 2.75) is 32.2 Å². The molecule has 1 atom stereocenters. The summed E-state index contributed by atoms with van der Waals surface area (Å²) in [5.74, 6) is 0.0787. The van der Waals surface area contributed by atoms with Gasteiger partial charge in [-0.15, -0.1) is 0 Å². The smallest absolute Gasteiger partial charge is 0.224 e. The molecule has 0 fully saturated rings. The first-order chi connectivity index (χ1) is 7.59. The summed E-state index contributed by atoms with van der Waals surface area (Å²) in [7, 11) is 0. The molecule has 0 aromatic heterocycles. The summed E-state index contributed by atoms with van der Waals surface area (Å²) in [6.45, 7) is 4.12. The first kappa shape index (κ1) is 13.2. The lowest BCUT2D eigenvalue weighted by molar-refractivity contribution is -0.122. The van der Waals surface area contributed by atoms with Crippen molar-refractivity contribution in [3.8, 4) is 0 Å². The third-order valence-electron chi connectivity index (χ3n) is 2.72. The molecule has 1 N–H and O–H groups in total. The van der Waals surface area contributed by atoms with E-state index in [4.69, 9.17) is 0 Å². The quantitative estimate of drug-likeness (QED) is 0.828. The van der Waals surface area contributed by atoms with Gasteiger partial charge >= 0.3 is 0 Å². The van der Waals surface area contributed by atoms with Gasteiger partial charge in [0, 0.05) is 10.9 Å². The molecule has 88 valence electrons. The Morgan fingerprint density at radius 1 is 1.38 bits per heavy atom. The number of benzene rings is 1. The highest BCUT2D eigenvalue weighted by Crippen LogP contribution is 2.12. The minimum atomic E-state index is -0.147. The van der Waals surface area contributed by atoms with Crippen molar-refractivity contribution < 1.29 is 4.79 Å². The molecule has 1 aromatic rings. The van der Waals surface area contributed by atoms with Crippen LogP contribution < -0.4 is 5.32 Å². The Morgan fingerprint density at radius 3 is 2.50 bits per heavy atom. The summed E-state index contributed by atoms with van der Waals surface area (Å²) in [5, 5.41) is 3.83. The molecule has 0 aliphatic carbocycles. The fourth-order valence-electron chi connectivity index (χ4n) is 1.38. The van der Waals surface area contributed by atoms with E-state index in [1.807, 2.05) is 37.3 Å². The summed E-state index contributed by atoms with van der Waals surface area (Å²) >= 11 is 3.43. The number of carbonyl (C=O) groups excluding carboxylic acids is 1. The predicted molar refractivity (Wildman–Crippen MR) is 70.8 cm³/mol. The van der Waals surface area contributed by atoms with Gasteiger partial charge in [0.05, 0.1) is 6.42 Å². The number of rotatable bonds is 5. The fourth-order valence-corrected chi connectivity index (χ4v) is 1.92. The number of hydrogen-bond donors (Lipinski definition) is 1. The van der Waals surface area contributed by atoms with Crippen LogP contribution in [0, 0.1) is 0 Å². The van der Waals surface area contributed by atoms with Crippen molar-refractivity contribution in [3.05, 3.63) is 35.9 Å². The first-order valence-corrected chi connectivity index (χ1v) is 6.62. The number of carbonyl (C=O) groups is 1. The number of hydrogen-bond acceptors (Lipinski definition) is 1. The number of alkyl halides is 1. The third-order valence-corrected chi connectivity index (χ3v) is 3.96. The van der Waals surface area contributed by atoms with E-state index >= 15 is 0 Å². The van der Waals surface area contributed by atoms with E-state index in [9.17, 15) is 4.79 Å². The van der Waals surface area contributed by atoms with E-state index in [0.717, 1.165) is 17.3 Å². The van der Waals surface area contributed by atoms with Gasteiger partial charge in [0.25, 0.3) is 0 Å². The Kier molecular flexibility index (Phi) is 5.00. The number of amides is 1. The zero-order valence-corrected chi connectivity index (χ0v) is 11.4. The first-order valence-electron chi connectivity index (χ1n) is 5.50. The highest BCUT2D eigenvalue weighted by atomic mass is 79.9. The summed E-state index contributed by atoms with van der Waals surface area (Å²) in [6, 6.07) is 9.79. The Morgan fingerprint density at radius 2 is 2.00 bits per heavy atom. The molecule has 1 unspecified atom stereocenters. The largest absolute Gasteiger partial charge is 0.350 e. The maximum atomic E-state index is 11.8. The molecule has 0 aliphatic rings. The molecule has 1 rings (SSSR count). The van der Waals surface area contributed by atoms with Crippen LogP contribution in [0.15, 0.2) is 30.3 Å². The average Bonchev–Trinajstić information content (AvgIpc) is 2.30. The van der Waals surface area contributed by atoms with Crippen molar-refractivity contribution in [3.63, 3.8) is 0 Å². The minimum Gasteiger partial charge on any atom is -0.350 e. The predicted octanol–water partition coefficient (Wildman–Crippen LogP) is 2.91. The summed E-state index contributed by atoms with van der Waals surface area (Å²) in [6.07, 6.45) is 1.36. The van der Waals surface area contributed by atoms with Gasteiger partial charge in [-0.3, -0.25) is 4.79 Å². The van der Waals surface area contributed by atoms with Crippen LogP contribution in [0.1, 0.15) is 25.8 Å². The lowest BCUT2D eigenvalue weighted by Gasteiger charge is -2.27. The topological polar surface area (TPSA) is 29.1 Å². The molecule has 0 bridgehead atoms. The molecule has 0 spiro atoms. The van der Waals surface area contributed by atoms with Gasteiger partial charge in [-0.1, -0.05) is 53.2 Å². The van der Waals surface area contributed by atoms with Gasteiger partial charge in [-0.05, 0) is 18.9 Å². The standard InChI is InChI=1S/C13H18BrNO/c1-3-13(2,10-14)15-12(16)9-11-7-5-4-6-8-11/h4-8H,3,9-10H2,1-2H3,(H,15,16). The average molecular weight is 284 g/mol. The van der Waals surface area contributed by atoms with E-state index in [0.29, 0.717) is 6.42 Å². The van der Waals surface area contributed by atoms with Crippen molar-refractivity contribution in [2.24, 2.45) is 0 Å². The number of nitrogens with one attached hydrogen (secondary N) is 1. The maximum Gasteiger partial charge on any atom is 0.224 e. The van der Waals surface area contributed by atoms with E-state index in [1.54, 1.807) is 0 Å². The minimum absolute atomic E-state index is 0.0787. The normalized spacial score (nSPS) is 14.2. The van der Waals surface area contributed by atoms with Crippen LogP contribution in [0.5, 0.6) is 0 Å². The molecule has 1 aromatic carbocycles. The molecular weight excluding hydrogens is 266 g/mol. The second kappa shape index (κ2) is 6.04. The molecular formula is C13H18BrNO. The molecule has 2 nitrogen and oxygen atoms in total. The highest BCUT2D eigenvalue weighted by molar-refractivity contribution is 9.09. The summed E-state index contributed by atoms with van der Waals surface area (Å²) in [4.78, 5) is 11.8. The van der Waals surface area contributed by atoms with Gasteiger partial charge in [-0.25, -0.2) is 0 Å². The van der Waals surface area contributed by atoms with E-state index in [1.165, 1.54) is 0 Å². The Labute approximate surface area is 106 Å². The second-order valence-electron chi connectivity index (χ2n) is 4.26. The molecule has 0 heterocycles. The number of halogens is 1. The van der Waals surface area contributed by atoms with Crippen molar-refractivity contribution in [2.75, 3.05) is 5.33 Å². The van der Waals surface area contributed by atoms with Gasteiger partial charge in [0.15, 0.2) is 0 Å². The molecule has 0 saturated carbocycles. The van der Waals surface area contributed by atoms with Gasteiger partial charge in [0.2, 0.25) is 5.91 Å². The van der Waals surface area contributed by atoms with Crippen molar-refractivity contribution in [1.29, 1.82) is 0 Å².